The lowest BCUT2D eigenvalue weighted by Gasteiger charge is -2.31. The van der Waals surface area contributed by atoms with Gasteiger partial charge in [0.2, 0.25) is 5.91 Å². The van der Waals surface area contributed by atoms with Gasteiger partial charge in [0.1, 0.15) is 5.76 Å². The Morgan fingerprint density at radius 3 is 2.68 bits per heavy atom. The number of aromatic nitrogens is 1. The summed E-state index contributed by atoms with van der Waals surface area (Å²) >= 11 is 0. The number of carbonyl (C=O) groups excluding carboxylic acids is 3. The van der Waals surface area contributed by atoms with Gasteiger partial charge in [-0.2, -0.15) is 0 Å². The average Bonchev–Trinajstić information content (AvgIpc) is 3.25. The van der Waals surface area contributed by atoms with E-state index in [0.29, 0.717) is 31.1 Å². The summed E-state index contributed by atoms with van der Waals surface area (Å²) in [5, 5.41) is 5.15. The molecule has 0 aliphatic carbocycles. The van der Waals surface area contributed by atoms with E-state index in [0.717, 1.165) is 12.8 Å². The van der Waals surface area contributed by atoms with Gasteiger partial charge in [0.15, 0.2) is 0 Å². The Morgan fingerprint density at radius 2 is 2.00 bits per heavy atom. The normalized spacial score (nSPS) is 14.8. The summed E-state index contributed by atoms with van der Waals surface area (Å²) in [6, 6.07) is 6.88. The quantitative estimate of drug-likeness (QED) is 0.605. The fourth-order valence-electron chi connectivity index (χ4n) is 2.94. The maximum Gasteiger partial charge on any atom is 0.313 e. The SMILES string of the molecule is O=C(NCC1CCN(C(=O)C=Cc2ccco2)CC1)C(=O)Nc1cccnc1. The molecular weight excluding hydrogens is 360 g/mol. The van der Waals surface area contributed by atoms with Gasteiger partial charge in [0.25, 0.3) is 0 Å². The highest BCUT2D eigenvalue weighted by Gasteiger charge is 2.23. The minimum Gasteiger partial charge on any atom is -0.465 e. The average molecular weight is 382 g/mol. The van der Waals surface area contributed by atoms with Crippen LogP contribution in [0.1, 0.15) is 18.6 Å². The number of piperidine rings is 1. The fourth-order valence-corrected chi connectivity index (χ4v) is 2.94. The van der Waals surface area contributed by atoms with Crippen molar-refractivity contribution in [2.45, 2.75) is 12.8 Å². The molecule has 0 unspecified atom stereocenters. The first-order chi connectivity index (χ1) is 13.6. The zero-order chi connectivity index (χ0) is 19.8. The molecule has 0 atom stereocenters. The summed E-state index contributed by atoms with van der Waals surface area (Å²) in [5.41, 5.74) is 0.470. The fraction of sp³-hybridized carbons (Fsp3) is 0.300. The number of likely N-dealkylation sites (tertiary alicyclic amines) is 1. The summed E-state index contributed by atoms with van der Waals surface area (Å²) in [4.78, 5) is 41.7. The van der Waals surface area contributed by atoms with Crippen molar-refractivity contribution in [1.29, 1.82) is 0 Å². The first kappa shape index (κ1) is 19.3. The first-order valence-electron chi connectivity index (χ1n) is 9.11. The van der Waals surface area contributed by atoms with Crippen molar-refractivity contribution < 1.29 is 18.8 Å². The van der Waals surface area contributed by atoms with E-state index in [4.69, 9.17) is 4.42 Å². The third kappa shape index (κ3) is 5.54. The van der Waals surface area contributed by atoms with Crippen molar-refractivity contribution in [2.75, 3.05) is 25.0 Å². The van der Waals surface area contributed by atoms with E-state index >= 15 is 0 Å². The minimum absolute atomic E-state index is 0.0604. The van der Waals surface area contributed by atoms with E-state index in [2.05, 4.69) is 15.6 Å². The molecule has 2 aromatic rings. The van der Waals surface area contributed by atoms with Gasteiger partial charge in [-0.3, -0.25) is 19.4 Å². The molecule has 3 rings (SSSR count). The molecule has 0 spiro atoms. The zero-order valence-electron chi connectivity index (χ0n) is 15.3. The monoisotopic (exact) mass is 382 g/mol. The Bertz CT molecular complexity index is 825. The van der Waals surface area contributed by atoms with E-state index in [1.165, 1.54) is 12.3 Å². The van der Waals surface area contributed by atoms with Crippen LogP contribution < -0.4 is 10.6 Å². The summed E-state index contributed by atoms with van der Waals surface area (Å²) in [7, 11) is 0. The molecule has 2 aromatic heterocycles. The number of furan rings is 1. The second-order valence-electron chi connectivity index (χ2n) is 6.52. The van der Waals surface area contributed by atoms with E-state index in [-0.39, 0.29) is 11.8 Å². The van der Waals surface area contributed by atoms with Crippen LogP contribution in [-0.2, 0) is 14.4 Å². The van der Waals surface area contributed by atoms with Gasteiger partial charge in [-0.15, -0.1) is 0 Å². The third-order valence-corrected chi connectivity index (χ3v) is 4.54. The molecule has 3 amide bonds. The molecule has 8 nitrogen and oxygen atoms in total. The summed E-state index contributed by atoms with van der Waals surface area (Å²) < 4.78 is 5.17. The van der Waals surface area contributed by atoms with Crippen molar-refractivity contribution in [3.05, 3.63) is 54.8 Å². The van der Waals surface area contributed by atoms with Crippen LogP contribution in [0.5, 0.6) is 0 Å². The maximum absolute atomic E-state index is 12.2. The standard InChI is InChI=1S/C20H22N4O4/c25-18(6-5-17-4-2-12-28-17)24-10-7-15(8-11-24)13-22-19(26)20(27)23-16-3-1-9-21-14-16/h1-6,9,12,14-15H,7-8,10-11,13H2,(H,22,26)(H,23,27). The number of hydrogen-bond acceptors (Lipinski definition) is 5. The summed E-state index contributed by atoms with van der Waals surface area (Å²) in [6.45, 7) is 1.64. The Labute approximate surface area is 162 Å². The van der Waals surface area contributed by atoms with Crippen LogP contribution in [0.15, 0.2) is 53.4 Å². The Balaban J connectivity index is 1.37. The van der Waals surface area contributed by atoms with E-state index in [9.17, 15) is 14.4 Å². The molecule has 1 fully saturated rings. The topological polar surface area (TPSA) is 105 Å². The van der Waals surface area contributed by atoms with Gasteiger partial charge in [0, 0.05) is 31.9 Å². The predicted octanol–water partition coefficient (Wildman–Crippen LogP) is 1.68. The van der Waals surface area contributed by atoms with Gasteiger partial charge in [-0.25, -0.2) is 0 Å². The molecule has 0 saturated carbocycles. The second kappa shape index (κ2) is 9.50. The number of anilines is 1. The number of carbonyl (C=O) groups is 3. The maximum atomic E-state index is 12.2. The molecule has 0 aromatic carbocycles. The summed E-state index contributed by atoms with van der Waals surface area (Å²) in [5.74, 6) is -0.592. The Morgan fingerprint density at radius 1 is 1.18 bits per heavy atom. The summed E-state index contributed by atoms with van der Waals surface area (Å²) in [6.07, 6.45) is 9.30. The van der Waals surface area contributed by atoms with Crippen LogP contribution in [0.2, 0.25) is 0 Å². The highest BCUT2D eigenvalue weighted by atomic mass is 16.3. The largest absolute Gasteiger partial charge is 0.465 e. The Hall–Kier alpha value is -3.42. The van der Waals surface area contributed by atoms with Crippen molar-refractivity contribution in [3.8, 4) is 0 Å². The second-order valence-corrected chi connectivity index (χ2v) is 6.52. The third-order valence-electron chi connectivity index (χ3n) is 4.54. The molecule has 2 N–H and O–H groups in total. The zero-order valence-corrected chi connectivity index (χ0v) is 15.3. The molecule has 1 aliphatic rings. The van der Waals surface area contributed by atoms with Crippen LogP contribution in [0, 0.1) is 5.92 Å². The highest BCUT2D eigenvalue weighted by molar-refractivity contribution is 6.39. The number of nitrogens with one attached hydrogen (secondary N) is 2. The van der Waals surface area contributed by atoms with Crippen LogP contribution >= 0.6 is 0 Å². The lowest BCUT2D eigenvalue weighted by molar-refractivity contribution is -0.136. The van der Waals surface area contributed by atoms with Crippen molar-refractivity contribution in [1.82, 2.24) is 15.2 Å². The van der Waals surface area contributed by atoms with Gasteiger partial charge in [-0.05, 0) is 49.1 Å². The molecule has 0 bridgehead atoms. The molecule has 1 aliphatic heterocycles. The van der Waals surface area contributed by atoms with E-state index in [1.807, 2.05) is 0 Å². The number of nitrogens with zero attached hydrogens (tertiary/aromatic N) is 2. The highest BCUT2D eigenvalue weighted by Crippen LogP contribution is 2.17. The van der Waals surface area contributed by atoms with Crippen LogP contribution in [0.3, 0.4) is 0 Å². The van der Waals surface area contributed by atoms with E-state index in [1.54, 1.807) is 47.7 Å². The van der Waals surface area contributed by atoms with Gasteiger partial charge >= 0.3 is 11.8 Å². The van der Waals surface area contributed by atoms with E-state index < -0.39 is 11.8 Å². The first-order valence-corrected chi connectivity index (χ1v) is 9.11. The van der Waals surface area contributed by atoms with Gasteiger partial charge in [0.05, 0.1) is 18.1 Å². The van der Waals surface area contributed by atoms with Crippen LogP contribution in [-0.4, -0.2) is 47.2 Å². The lowest BCUT2D eigenvalue weighted by Crippen LogP contribution is -2.43. The molecule has 1 saturated heterocycles. The van der Waals surface area contributed by atoms with Gasteiger partial charge in [-0.1, -0.05) is 0 Å². The van der Waals surface area contributed by atoms with Gasteiger partial charge < -0.3 is 20.0 Å². The molecule has 28 heavy (non-hydrogen) atoms. The van der Waals surface area contributed by atoms with Crippen molar-refractivity contribution in [3.63, 3.8) is 0 Å². The van der Waals surface area contributed by atoms with Crippen LogP contribution in [0.25, 0.3) is 6.08 Å². The molecule has 3 heterocycles. The molecule has 0 radical (unpaired) electrons. The number of pyridine rings is 1. The van der Waals surface area contributed by atoms with Crippen molar-refractivity contribution >= 4 is 29.5 Å². The number of hydrogen-bond donors (Lipinski definition) is 2. The van der Waals surface area contributed by atoms with Crippen LogP contribution in [0.4, 0.5) is 5.69 Å². The number of amides is 3. The lowest BCUT2D eigenvalue weighted by atomic mass is 9.96. The molecule has 146 valence electrons. The molecular formula is C20H22N4O4. The predicted molar refractivity (Wildman–Crippen MR) is 103 cm³/mol. The Kier molecular flexibility index (Phi) is 6.56. The molecule has 8 heteroatoms. The number of rotatable bonds is 5. The smallest absolute Gasteiger partial charge is 0.313 e. The minimum atomic E-state index is -0.719. The van der Waals surface area contributed by atoms with Crippen molar-refractivity contribution in [2.24, 2.45) is 5.92 Å².